The van der Waals surface area contributed by atoms with Gasteiger partial charge in [0, 0.05) is 19.0 Å². The van der Waals surface area contributed by atoms with Crippen LogP contribution in [0.5, 0.6) is 0 Å². The molecule has 0 aromatic rings. The molecule has 1 amide bonds. The Balaban J connectivity index is 2.42. The van der Waals surface area contributed by atoms with Crippen molar-refractivity contribution in [1.82, 2.24) is 10.2 Å². The van der Waals surface area contributed by atoms with Crippen molar-refractivity contribution in [3.05, 3.63) is 0 Å². The Kier molecular flexibility index (Phi) is 4.58. The highest BCUT2D eigenvalue weighted by Gasteiger charge is 2.25. The summed E-state index contributed by atoms with van der Waals surface area (Å²) in [6, 6.07) is 0.327. The molecule has 1 rings (SSSR count). The van der Waals surface area contributed by atoms with E-state index in [0.29, 0.717) is 23.8 Å². The molecule has 0 atom stereocenters. The third kappa shape index (κ3) is 3.82. The van der Waals surface area contributed by atoms with Crippen molar-refractivity contribution in [3.63, 3.8) is 0 Å². The predicted molar refractivity (Wildman–Crippen MR) is 62.7 cm³/mol. The molecule has 0 bridgehead atoms. The molecular weight excluding hydrogens is 188 g/mol. The molecule has 0 saturated carbocycles. The summed E-state index contributed by atoms with van der Waals surface area (Å²) in [5.41, 5.74) is 0. The summed E-state index contributed by atoms with van der Waals surface area (Å²) < 4.78 is 0. The topological polar surface area (TPSA) is 32.3 Å². The van der Waals surface area contributed by atoms with Crippen LogP contribution in [0.25, 0.3) is 0 Å². The van der Waals surface area contributed by atoms with Crippen molar-refractivity contribution in [1.29, 1.82) is 0 Å². The summed E-state index contributed by atoms with van der Waals surface area (Å²) in [5, 5.41) is 3.20. The largest absolute Gasteiger partial charge is 0.340 e. The van der Waals surface area contributed by atoms with Crippen molar-refractivity contribution < 1.29 is 4.79 Å². The number of carbonyl (C=O) groups is 1. The number of carbonyl (C=O) groups excluding carboxylic acids is 1. The summed E-state index contributed by atoms with van der Waals surface area (Å²) in [4.78, 5) is 14.0. The standard InChI is InChI=1S/C12H24N2O/c1-9(2)8-14(10(3)4)12(15)5-11-6-13-7-11/h9-11,13H,5-8H2,1-4H3. The van der Waals surface area contributed by atoms with Gasteiger partial charge in [-0.05, 0) is 38.8 Å². The zero-order valence-electron chi connectivity index (χ0n) is 10.4. The van der Waals surface area contributed by atoms with Crippen molar-refractivity contribution in [2.75, 3.05) is 19.6 Å². The first-order valence-electron chi connectivity index (χ1n) is 6.01. The molecule has 0 aromatic heterocycles. The molecule has 1 aliphatic heterocycles. The van der Waals surface area contributed by atoms with Crippen LogP contribution in [0.1, 0.15) is 34.1 Å². The highest BCUT2D eigenvalue weighted by atomic mass is 16.2. The first-order valence-corrected chi connectivity index (χ1v) is 6.01. The molecule has 1 saturated heterocycles. The van der Waals surface area contributed by atoms with E-state index in [1.165, 1.54) is 0 Å². The summed E-state index contributed by atoms with van der Waals surface area (Å²) in [5.74, 6) is 1.45. The number of hydrogen-bond acceptors (Lipinski definition) is 2. The van der Waals surface area contributed by atoms with E-state index in [-0.39, 0.29) is 0 Å². The molecule has 1 N–H and O–H groups in total. The monoisotopic (exact) mass is 212 g/mol. The molecular formula is C12H24N2O. The molecule has 1 aliphatic rings. The molecule has 0 aliphatic carbocycles. The van der Waals surface area contributed by atoms with Gasteiger partial charge in [-0.15, -0.1) is 0 Å². The van der Waals surface area contributed by atoms with Gasteiger partial charge in [0.2, 0.25) is 5.91 Å². The van der Waals surface area contributed by atoms with Gasteiger partial charge in [-0.2, -0.15) is 0 Å². The van der Waals surface area contributed by atoms with Crippen LogP contribution in [0.4, 0.5) is 0 Å². The van der Waals surface area contributed by atoms with Crippen LogP contribution in [-0.2, 0) is 4.79 Å². The van der Waals surface area contributed by atoms with E-state index in [9.17, 15) is 4.79 Å². The maximum atomic E-state index is 12.0. The molecule has 88 valence electrons. The van der Waals surface area contributed by atoms with E-state index in [4.69, 9.17) is 0 Å². The summed E-state index contributed by atoms with van der Waals surface area (Å²) in [7, 11) is 0. The first-order chi connectivity index (χ1) is 7.00. The lowest BCUT2D eigenvalue weighted by atomic mass is 9.98. The minimum Gasteiger partial charge on any atom is -0.340 e. The van der Waals surface area contributed by atoms with Gasteiger partial charge in [-0.1, -0.05) is 13.8 Å². The zero-order valence-corrected chi connectivity index (χ0v) is 10.4. The molecule has 3 heteroatoms. The van der Waals surface area contributed by atoms with Crippen molar-refractivity contribution in [3.8, 4) is 0 Å². The molecule has 0 spiro atoms. The average molecular weight is 212 g/mol. The number of rotatable bonds is 5. The fraction of sp³-hybridized carbons (Fsp3) is 0.917. The zero-order chi connectivity index (χ0) is 11.4. The number of nitrogens with zero attached hydrogens (tertiary/aromatic N) is 1. The Morgan fingerprint density at radius 2 is 1.93 bits per heavy atom. The Bertz CT molecular complexity index is 210. The molecule has 1 fully saturated rings. The van der Waals surface area contributed by atoms with Crippen LogP contribution in [0.3, 0.4) is 0 Å². The Morgan fingerprint density at radius 1 is 1.33 bits per heavy atom. The van der Waals surface area contributed by atoms with E-state index < -0.39 is 0 Å². The van der Waals surface area contributed by atoms with Gasteiger partial charge in [-0.3, -0.25) is 4.79 Å². The first kappa shape index (κ1) is 12.5. The third-order valence-electron chi connectivity index (χ3n) is 2.83. The van der Waals surface area contributed by atoms with Gasteiger partial charge in [0.15, 0.2) is 0 Å². The van der Waals surface area contributed by atoms with Crippen LogP contribution < -0.4 is 5.32 Å². The van der Waals surface area contributed by atoms with Crippen LogP contribution in [-0.4, -0.2) is 36.5 Å². The van der Waals surface area contributed by atoms with E-state index in [0.717, 1.165) is 26.1 Å². The number of hydrogen-bond donors (Lipinski definition) is 1. The van der Waals surface area contributed by atoms with E-state index in [1.54, 1.807) is 0 Å². The molecule has 0 radical (unpaired) electrons. The van der Waals surface area contributed by atoms with Gasteiger partial charge in [-0.25, -0.2) is 0 Å². The maximum Gasteiger partial charge on any atom is 0.223 e. The smallest absolute Gasteiger partial charge is 0.223 e. The van der Waals surface area contributed by atoms with Gasteiger partial charge < -0.3 is 10.2 Å². The minimum atomic E-state index is 0.324. The molecule has 0 unspecified atom stereocenters. The third-order valence-corrected chi connectivity index (χ3v) is 2.83. The van der Waals surface area contributed by atoms with E-state index in [2.05, 4.69) is 33.0 Å². The van der Waals surface area contributed by atoms with Gasteiger partial charge in [0.05, 0.1) is 0 Å². The molecule has 1 heterocycles. The molecule has 0 aromatic carbocycles. The van der Waals surface area contributed by atoms with Crippen LogP contribution >= 0.6 is 0 Å². The van der Waals surface area contributed by atoms with E-state index >= 15 is 0 Å². The van der Waals surface area contributed by atoms with Crippen LogP contribution in [0, 0.1) is 11.8 Å². The van der Waals surface area contributed by atoms with Crippen LogP contribution in [0.2, 0.25) is 0 Å². The highest BCUT2D eigenvalue weighted by Crippen LogP contribution is 2.13. The van der Waals surface area contributed by atoms with Crippen molar-refractivity contribution in [2.24, 2.45) is 11.8 Å². The van der Waals surface area contributed by atoms with Gasteiger partial charge in [0.25, 0.3) is 0 Å². The SMILES string of the molecule is CC(C)CN(C(=O)CC1CNC1)C(C)C. The quantitative estimate of drug-likeness (QED) is 0.749. The number of amides is 1. The maximum absolute atomic E-state index is 12.0. The lowest BCUT2D eigenvalue weighted by Gasteiger charge is -2.33. The minimum absolute atomic E-state index is 0.324. The second-order valence-electron chi connectivity index (χ2n) is 5.26. The fourth-order valence-corrected chi connectivity index (χ4v) is 1.85. The Hall–Kier alpha value is -0.570. The summed E-state index contributed by atoms with van der Waals surface area (Å²) >= 11 is 0. The molecule has 3 nitrogen and oxygen atoms in total. The Labute approximate surface area is 93.2 Å². The van der Waals surface area contributed by atoms with Crippen molar-refractivity contribution >= 4 is 5.91 Å². The summed E-state index contributed by atoms with van der Waals surface area (Å²) in [6.45, 7) is 11.4. The average Bonchev–Trinajstić information content (AvgIpc) is 2.06. The normalized spacial score (nSPS) is 16.9. The summed E-state index contributed by atoms with van der Waals surface area (Å²) in [6.07, 6.45) is 0.720. The van der Waals surface area contributed by atoms with E-state index in [1.807, 2.05) is 4.90 Å². The van der Waals surface area contributed by atoms with Crippen molar-refractivity contribution in [2.45, 2.75) is 40.2 Å². The Morgan fingerprint density at radius 3 is 2.27 bits per heavy atom. The molecule has 15 heavy (non-hydrogen) atoms. The highest BCUT2D eigenvalue weighted by molar-refractivity contribution is 5.76. The lowest BCUT2D eigenvalue weighted by molar-refractivity contribution is -0.134. The second kappa shape index (κ2) is 5.50. The predicted octanol–water partition coefficient (Wildman–Crippen LogP) is 1.49. The second-order valence-corrected chi connectivity index (χ2v) is 5.26. The fourth-order valence-electron chi connectivity index (χ4n) is 1.85. The lowest BCUT2D eigenvalue weighted by Crippen LogP contribution is -2.47. The number of nitrogens with one attached hydrogen (secondary N) is 1. The van der Waals surface area contributed by atoms with Gasteiger partial charge >= 0.3 is 0 Å². The van der Waals surface area contributed by atoms with Crippen LogP contribution in [0.15, 0.2) is 0 Å². The van der Waals surface area contributed by atoms with Gasteiger partial charge in [0.1, 0.15) is 0 Å².